The second-order valence-corrected chi connectivity index (χ2v) is 6.81. The van der Waals surface area contributed by atoms with Crippen molar-refractivity contribution in [2.45, 2.75) is 13.3 Å². The Morgan fingerprint density at radius 1 is 1.35 bits per heavy atom. The van der Waals surface area contributed by atoms with Crippen molar-refractivity contribution < 1.29 is 9.90 Å². The van der Waals surface area contributed by atoms with Crippen LogP contribution in [0.4, 0.5) is 0 Å². The van der Waals surface area contributed by atoms with Crippen LogP contribution in [0.3, 0.4) is 0 Å². The van der Waals surface area contributed by atoms with Gasteiger partial charge in [0.15, 0.2) is 5.82 Å². The van der Waals surface area contributed by atoms with Crippen molar-refractivity contribution in [1.82, 2.24) is 20.3 Å². The van der Waals surface area contributed by atoms with Crippen LogP contribution >= 0.6 is 11.3 Å². The molecular formula is C19H20N4O2S. The number of aliphatic hydroxyl groups is 1. The van der Waals surface area contributed by atoms with Gasteiger partial charge in [0.25, 0.3) is 5.91 Å². The van der Waals surface area contributed by atoms with Crippen LogP contribution in [0.15, 0.2) is 47.5 Å². The minimum atomic E-state index is -0.232. The highest BCUT2D eigenvalue weighted by molar-refractivity contribution is 7.07. The van der Waals surface area contributed by atoms with Gasteiger partial charge in [-0.25, -0.2) is 9.97 Å². The Balaban J connectivity index is 1.64. The van der Waals surface area contributed by atoms with Crippen LogP contribution in [0.2, 0.25) is 0 Å². The number of hydrogen-bond acceptors (Lipinski definition) is 6. The van der Waals surface area contributed by atoms with Gasteiger partial charge < -0.3 is 10.4 Å². The summed E-state index contributed by atoms with van der Waals surface area (Å²) >= 11 is 1.62. The third-order valence-electron chi connectivity index (χ3n) is 4.06. The normalized spacial score (nSPS) is 11.9. The van der Waals surface area contributed by atoms with Crippen molar-refractivity contribution >= 4 is 17.2 Å². The van der Waals surface area contributed by atoms with Crippen LogP contribution in [-0.2, 0) is 6.42 Å². The molecule has 0 aromatic carbocycles. The molecule has 6 nitrogen and oxygen atoms in total. The molecule has 0 aliphatic rings. The van der Waals surface area contributed by atoms with Crippen LogP contribution < -0.4 is 5.32 Å². The number of aromatic nitrogens is 3. The molecule has 0 radical (unpaired) electrons. The van der Waals surface area contributed by atoms with E-state index in [-0.39, 0.29) is 18.4 Å². The summed E-state index contributed by atoms with van der Waals surface area (Å²) in [6.07, 6.45) is 5.64. The molecule has 0 saturated carbocycles. The van der Waals surface area contributed by atoms with Crippen molar-refractivity contribution in [3.8, 4) is 11.4 Å². The molecule has 0 bridgehead atoms. The van der Waals surface area contributed by atoms with Crippen LogP contribution in [0.5, 0.6) is 0 Å². The van der Waals surface area contributed by atoms with Crippen molar-refractivity contribution in [1.29, 1.82) is 0 Å². The number of pyridine rings is 1. The number of carbonyl (C=O) groups excluding carboxylic acids is 1. The summed E-state index contributed by atoms with van der Waals surface area (Å²) in [6.45, 7) is 2.20. The monoisotopic (exact) mass is 368 g/mol. The fraction of sp³-hybridized carbons (Fsp3) is 0.263. The van der Waals surface area contributed by atoms with Gasteiger partial charge in [-0.15, -0.1) is 0 Å². The quantitative estimate of drug-likeness (QED) is 0.669. The van der Waals surface area contributed by atoms with Gasteiger partial charge in [-0.1, -0.05) is 0 Å². The molecule has 0 aliphatic carbocycles. The van der Waals surface area contributed by atoms with E-state index < -0.39 is 0 Å². The molecule has 134 valence electrons. The van der Waals surface area contributed by atoms with E-state index in [1.54, 1.807) is 30.7 Å². The van der Waals surface area contributed by atoms with Crippen molar-refractivity contribution in [2.24, 2.45) is 5.92 Å². The molecule has 0 aliphatic heterocycles. The van der Waals surface area contributed by atoms with Gasteiger partial charge in [0.2, 0.25) is 0 Å². The first-order valence-electron chi connectivity index (χ1n) is 8.31. The summed E-state index contributed by atoms with van der Waals surface area (Å²) in [4.78, 5) is 25.2. The lowest BCUT2D eigenvalue weighted by Crippen LogP contribution is -2.32. The Morgan fingerprint density at radius 2 is 2.23 bits per heavy atom. The molecule has 26 heavy (non-hydrogen) atoms. The average Bonchev–Trinajstić information content (AvgIpc) is 3.18. The number of aryl methyl sites for hydroxylation is 1. The molecule has 0 saturated heterocycles. The average molecular weight is 368 g/mol. The second-order valence-electron chi connectivity index (χ2n) is 6.03. The number of amides is 1. The van der Waals surface area contributed by atoms with E-state index in [0.29, 0.717) is 23.6 Å². The molecule has 0 fully saturated rings. The van der Waals surface area contributed by atoms with Crippen LogP contribution in [0.25, 0.3) is 11.4 Å². The minimum Gasteiger partial charge on any atom is -0.396 e. The Kier molecular flexibility index (Phi) is 6.04. The highest BCUT2D eigenvalue weighted by Gasteiger charge is 2.15. The lowest BCUT2D eigenvalue weighted by atomic mass is 10.0. The fourth-order valence-corrected chi connectivity index (χ4v) is 3.28. The summed E-state index contributed by atoms with van der Waals surface area (Å²) < 4.78 is 0. The van der Waals surface area contributed by atoms with Crippen LogP contribution in [0, 0.1) is 12.8 Å². The Labute approximate surface area is 156 Å². The van der Waals surface area contributed by atoms with Gasteiger partial charge in [0.05, 0.1) is 11.3 Å². The maximum absolute atomic E-state index is 12.5. The van der Waals surface area contributed by atoms with Gasteiger partial charge in [0.1, 0.15) is 0 Å². The number of hydrogen-bond donors (Lipinski definition) is 2. The number of carbonyl (C=O) groups is 1. The molecular weight excluding hydrogens is 348 g/mol. The predicted octanol–water partition coefficient (Wildman–Crippen LogP) is 2.49. The van der Waals surface area contributed by atoms with Crippen LogP contribution in [-0.4, -0.2) is 39.1 Å². The molecule has 3 rings (SSSR count). The maximum atomic E-state index is 12.5. The van der Waals surface area contributed by atoms with E-state index >= 15 is 0 Å². The number of thiophene rings is 1. The smallest absolute Gasteiger partial charge is 0.254 e. The number of nitrogens with zero attached hydrogens (tertiary/aromatic N) is 3. The third kappa shape index (κ3) is 4.50. The van der Waals surface area contributed by atoms with Gasteiger partial charge in [-0.2, -0.15) is 11.3 Å². The Morgan fingerprint density at radius 3 is 2.88 bits per heavy atom. The zero-order chi connectivity index (χ0) is 18.4. The third-order valence-corrected chi connectivity index (χ3v) is 4.79. The molecule has 0 spiro atoms. The summed E-state index contributed by atoms with van der Waals surface area (Å²) in [5.74, 6) is 0.284. The summed E-state index contributed by atoms with van der Waals surface area (Å²) in [7, 11) is 0. The largest absolute Gasteiger partial charge is 0.396 e. The zero-order valence-corrected chi connectivity index (χ0v) is 15.2. The highest BCUT2D eigenvalue weighted by atomic mass is 32.1. The van der Waals surface area contributed by atoms with Crippen molar-refractivity contribution in [3.63, 3.8) is 0 Å². The highest BCUT2D eigenvalue weighted by Crippen LogP contribution is 2.15. The predicted molar refractivity (Wildman–Crippen MR) is 101 cm³/mol. The summed E-state index contributed by atoms with van der Waals surface area (Å²) in [5, 5.41) is 16.5. The summed E-state index contributed by atoms with van der Waals surface area (Å²) in [5.41, 5.74) is 3.02. The first kappa shape index (κ1) is 18.2. The molecule has 2 N–H and O–H groups in total. The lowest BCUT2D eigenvalue weighted by molar-refractivity contribution is 0.0938. The number of aliphatic hydroxyl groups excluding tert-OH is 1. The molecule has 7 heteroatoms. The second kappa shape index (κ2) is 8.64. The molecule has 3 aromatic rings. The Hall–Kier alpha value is -2.64. The molecule has 1 atom stereocenters. The first-order valence-corrected chi connectivity index (χ1v) is 9.26. The van der Waals surface area contributed by atoms with Gasteiger partial charge in [-0.05, 0) is 47.9 Å². The zero-order valence-electron chi connectivity index (χ0n) is 14.4. The van der Waals surface area contributed by atoms with E-state index in [9.17, 15) is 9.90 Å². The Bertz CT molecular complexity index is 853. The van der Waals surface area contributed by atoms with E-state index in [1.807, 2.05) is 23.6 Å². The van der Waals surface area contributed by atoms with Gasteiger partial charge in [0, 0.05) is 43.2 Å². The minimum absolute atomic E-state index is 0.0194. The molecule has 3 aromatic heterocycles. The standard InChI is InChI=1S/C19H20N4O2S/c1-13-17(10-21-18(23-13)16-3-2-5-20-9-16)19(25)22-8-15(11-24)7-14-4-6-26-12-14/h2-6,9-10,12,15,24H,7-8,11H2,1H3,(H,22,25). The van der Waals surface area contributed by atoms with Gasteiger partial charge >= 0.3 is 0 Å². The van der Waals surface area contributed by atoms with E-state index in [4.69, 9.17) is 0 Å². The maximum Gasteiger partial charge on any atom is 0.254 e. The SMILES string of the molecule is Cc1nc(-c2cccnc2)ncc1C(=O)NCC(CO)Cc1ccsc1. The molecule has 3 heterocycles. The lowest BCUT2D eigenvalue weighted by Gasteiger charge is -2.15. The van der Waals surface area contributed by atoms with E-state index in [0.717, 1.165) is 12.0 Å². The van der Waals surface area contributed by atoms with Crippen molar-refractivity contribution in [3.05, 3.63) is 64.4 Å². The fourth-order valence-electron chi connectivity index (χ4n) is 2.60. The first-order chi connectivity index (χ1) is 12.7. The molecule has 1 unspecified atom stereocenters. The van der Waals surface area contributed by atoms with Gasteiger partial charge in [-0.3, -0.25) is 9.78 Å². The summed E-state index contributed by atoms with van der Waals surface area (Å²) in [6, 6.07) is 5.72. The number of rotatable bonds is 7. The topological polar surface area (TPSA) is 88.0 Å². The number of nitrogens with one attached hydrogen (secondary N) is 1. The molecule has 1 amide bonds. The van der Waals surface area contributed by atoms with E-state index in [2.05, 4.69) is 25.6 Å². The van der Waals surface area contributed by atoms with Crippen molar-refractivity contribution in [2.75, 3.05) is 13.2 Å². The van der Waals surface area contributed by atoms with E-state index in [1.165, 1.54) is 11.8 Å². The van der Waals surface area contributed by atoms with Crippen LogP contribution in [0.1, 0.15) is 21.6 Å².